The van der Waals surface area contributed by atoms with Crippen LogP contribution in [-0.2, 0) is 16.0 Å². The zero-order valence-electron chi connectivity index (χ0n) is 8.90. The second-order valence-corrected chi connectivity index (χ2v) is 3.41. The Hall–Kier alpha value is -1.85. The van der Waals surface area contributed by atoms with E-state index < -0.39 is 5.97 Å². The lowest BCUT2D eigenvalue weighted by Crippen LogP contribution is -2.25. The maximum atomic E-state index is 11.2. The highest BCUT2D eigenvalue weighted by Crippen LogP contribution is 1.96. The molecule has 6 heteroatoms. The van der Waals surface area contributed by atoms with Crippen molar-refractivity contribution >= 4 is 11.9 Å². The third kappa shape index (κ3) is 5.14. The zero-order chi connectivity index (χ0) is 11.8. The second-order valence-electron chi connectivity index (χ2n) is 3.41. The van der Waals surface area contributed by atoms with Crippen LogP contribution in [0.3, 0.4) is 0 Å². The molecule has 0 aliphatic carbocycles. The summed E-state index contributed by atoms with van der Waals surface area (Å²) >= 11 is 0. The van der Waals surface area contributed by atoms with Gasteiger partial charge in [0.15, 0.2) is 0 Å². The van der Waals surface area contributed by atoms with Crippen LogP contribution in [0.4, 0.5) is 0 Å². The minimum absolute atomic E-state index is 0.0345. The van der Waals surface area contributed by atoms with Gasteiger partial charge in [0, 0.05) is 32.0 Å². The molecule has 0 spiro atoms. The molecule has 0 atom stereocenters. The van der Waals surface area contributed by atoms with Crippen LogP contribution in [0.5, 0.6) is 0 Å². The molecule has 0 unspecified atom stereocenters. The molecule has 1 rings (SSSR count). The normalized spacial score (nSPS) is 10.0. The molecular formula is C10H15N3O3. The van der Waals surface area contributed by atoms with E-state index in [0.29, 0.717) is 19.4 Å². The summed E-state index contributed by atoms with van der Waals surface area (Å²) in [6, 6.07) is 1.84. The van der Waals surface area contributed by atoms with Crippen LogP contribution in [0.2, 0.25) is 0 Å². The molecule has 0 aliphatic heterocycles. The number of rotatable bonds is 7. The number of aromatic amines is 1. The molecule has 0 aromatic carbocycles. The van der Waals surface area contributed by atoms with Crippen molar-refractivity contribution in [2.45, 2.75) is 25.7 Å². The van der Waals surface area contributed by atoms with Crippen molar-refractivity contribution in [3.63, 3.8) is 0 Å². The van der Waals surface area contributed by atoms with E-state index in [1.54, 1.807) is 6.20 Å². The van der Waals surface area contributed by atoms with Gasteiger partial charge in [0.05, 0.1) is 5.69 Å². The van der Waals surface area contributed by atoms with Crippen molar-refractivity contribution < 1.29 is 14.7 Å². The summed E-state index contributed by atoms with van der Waals surface area (Å²) in [5.41, 5.74) is 0.894. The van der Waals surface area contributed by atoms with Crippen LogP contribution in [0.1, 0.15) is 25.0 Å². The van der Waals surface area contributed by atoms with E-state index in [-0.39, 0.29) is 18.7 Å². The molecule has 0 saturated carbocycles. The van der Waals surface area contributed by atoms with Gasteiger partial charge in [-0.1, -0.05) is 0 Å². The van der Waals surface area contributed by atoms with Crippen molar-refractivity contribution in [3.8, 4) is 0 Å². The maximum absolute atomic E-state index is 11.2. The number of amides is 1. The molecule has 88 valence electrons. The number of aromatic nitrogens is 2. The van der Waals surface area contributed by atoms with Gasteiger partial charge in [-0.3, -0.25) is 14.7 Å². The number of nitrogens with zero attached hydrogens (tertiary/aromatic N) is 1. The fourth-order valence-electron chi connectivity index (χ4n) is 1.25. The monoisotopic (exact) mass is 225 g/mol. The van der Waals surface area contributed by atoms with E-state index in [1.807, 2.05) is 6.07 Å². The first-order chi connectivity index (χ1) is 7.68. The molecule has 0 fully saturated rings. The van der Waals surface area contributed by atoms with Gasteiger partial charge in [0.25, 0.3) is 0 Å². The molecule has 0 bridgehead atoms. The van der Waals surface area contributed by atoms with Crippen molar-refractivity contribution in [2.24, 2.45) is 0 Å². The number of carboxylic acid groups (broad SMARTS) is 1. The van der Waals surface area contributed by atoms with Crippen molar-refractivity contribution in [1.29, 1.82) is 0 Å². The highest BCUT2D eigenvalue weighted by atomic mass is 16.4. The van der Waals surface area contributed by atoms with Gasteiger partial charge in [-0.15, -0.1) is 0 Å². The summed E-state index contributed by atoms with van der Waals surface area (Å²) in [4.78, 5) is 21.4. The highest BCUT2D eigenvalue weighted by molar-refractivity contribution is 5.76. The maximum Gasteiger partial charge on any atom is 0.303 e. The molecule has 1 aromatic heterocycles. The summed E-state index contributed by atoms with van der Waals surface area (Å²) in [6.07, 6.45) is 3.07. The molecule has 1 heterocycles. The number of hydrogen-bond donors (Lipinski definition) is 3. The van der Waals surface area contributed by atoms with E-state index in [1.165, 1.54) is 0 Å². The Balaban J connectivity index is 2.04. The first-order valence-corrected chi connectivity index (χ1v) is 5.15. The third-order valence-corrected chi connectivity index (χ3v) is 2.06. The molecule has 1 amide bonds. The van der Waals surface area contributed by atoms with Crippen molar-refractivity contribution in [1.82, 2.24) is 15.5 Å². The van der Waals surface area contributed by atoms with E-state index in [2.05, 4.69) is 15.5 Å². The largest absolute Gasteiger partial charge is 0.481 e. The molecule has 16 heavy (non-hydrogen) atoms. The quantitative estimate of drug-likeness (QED) is 0.623. The minimum Gasteiger partial charge on any atom is -0.481 e. The van der Waals surface area contributed by atoms with Gasteiger partial charge in [0.1, 0.15) is 0 Å². The average molecular weight is 225 g/mol. The Morgan fingerprint density at radius 3 is 2.88 bits per heavy atom. The Labute approximate surface area is 93.1 Å². The summed E-state index contributed by atoms with van der Waals surface area (Å²) in [5.74, 6) is -0.985. The predicted octanol–water partition coefficient (Wildman–Crippen LogP) is 0.323. The molecular weight excluding hydrogens is 210 g/mol. The number of hydrogen-bond acceptors (Lipinski definition) is 3. The molecule has 1 aromatic rings. The van der Waals surface area contributed by atoms with E-state index in [9.17, 15) is 9.59 Å². The van der Waals surface area contributed by atoms with Crippen LogP contribution in [0, 0.1) is 0 Å². The van der Waals surface area contributed by atoms with Crippen LogP contribution in [0.15, 0.2) is 12.3 Å². The fourth-order valence-corrected chi connectivity index (χ4v) is 1.25. The predicted molar refractivity (Wildman–Crippen MR) is 56.8 cm³/mol. The fraction of sp³-hybridized carbons (Fsp3) is 0.500. The SMILES string of the molecule is O=C(O)CCCC(=O)NCCc1cc[nH]n1. The number of H-pyrrole nitrogens is 1. The molecule has 6 nitrogen and oxygen atoms in total. The number of aliphatic carboxylic acids is 1. The summed E-state index contributed by atoms with van der Waals surface area (Å²) in [7, 11) is 0. The molecule has 0 saturated heterocycles. The first kappa shape index (κ1) is 12.2. The number of carboxylic acids is 1. The lowest BCUT2D eigenvalue weighted by Gasteiger charge is -2.02. The molecule has 0 radical (unpaired) electrons. The lowest BCUT2D eigenvalue weighted by molar-refractivity contribution is -0.137. The smallest absolute Gasteiger partial charge is 0.303 e. The number of carbonyl (C=O) groups is 2. The zero-order valence-corrected chi connectivity index (χ0v) is 8.90. The van der Waals surface area contributed by atoms with Gasteiger partial charge in [0.2, 0.25) is 5.91 Å². The highest BCUT2D eigenvalue weighted by Gasteiger charge is 2.03. The minimum atomic E-state index is -0.871. The number of carbonyl (C=O) groups excluding carboxylic acids is 1. The van der Waals surface area contributed by atoms with Gasteiger partial charge in [-0.05, 0) is 12.5 Å². The van der Waals surface area contributed by atoms with Crippen LogP contribution in [-0.4, -0.2) is 33.7 Å². The Kier molecular flexibility index (Phi) is 5.04. The van der Waals surface area contributed by atoms with Gasteiger partial charge in [-0.25, -0.2) is 0 Å². The molecule has 3 N–H and O–H groups in total. The number of nitrogens with one attached hydrogen (secondary N) is 2. The van der Waals surface area contributed by atoms with Gasteiger partial charge < -0.3 is 10.4 Å². The third-order valence-electron chi connectivity index (χ3n) is 2.06. The summed E-state index contributed by atoms with van der Waals surface area (Å²) in [5, 5.41) is 17.7. The van der Waals surface area contributed by atoms with Crippen LogP contribution < -0.4 is 5.32 Å². The Bertz CT molecular complexity index is 335. The van der Waals surface area contributed by atoms with E-state index in [4.69, 9.17) is 5.11 Å². The first-order valence-electron chi connectivity index (χ1n) is 5.15. The van der Waals surface area contributed by atoms with E-state index in [0.717, 1.165) is 5.69 Å². The van der Waals surface area contributed by atoms with E-state index >= 15 is 0 Å². The van der Waals surface area contributed by atoms with Gasteiger partial charge in [-0.2, -0.15) is 5.10 Å². The van der Waals surface area contributed by atoms with Gasteiger partial charge >= 0.3 is 5.97 Å². The Morgan fingerprint density at radius 2 is 2.25 bits per heavy atom. The topological polar surface area (TPSA) is 95.1 Å². The standard InChI is InChI=1S/C10H15N3O3/c14-9(2-1-3-10(15)16)11-6-4-8-5-7-12-13-8/h5,7H,1-4,6H2,(H,11,14)(H,12,13)(H,15,16). The van der Waals surface area contributed by atoms with Crippen molar-refractivity contribution in [3.05, 3.63) is 18.0 Å². The Morgan fingerprint density at radius 1 is 1.44 bits per heavy atom. The lowest BCUT2D eigenvalue weighted by atomic mass is 10.2. The van der Waals surface area contributed by atoms with Crippen LogP contribution >= 0.6 is 0 Å². The second kappa shape index (κ2) is 6.60. The van der Waals surface area contributed by atoms with Crippen LogP contribution in [0.25, 0.3) is 0 Å². The summed E-state index contributed by atoms with van der Waals surface area (Å²) < 4.78 is 0. The summed E-state index contributed by atoms with van der Waals surface area (Å²) in [6.45, 7) is 0.525. The van der Waals surface area contributed by atoms with Crippen molar-refractivity contribution in [2.75, 3.05) is 6.54 Å². The average Bonchev–Trinajstić information content (AvgIpc) is 2.70. The molecule has 0 aliphatic rings.